The van der Waals surface area contributed by atoms with Crippen molar-refractivity contribution in [2.24, 2.45) is 4.99 Å². The fourth-order valence-electron chi connectivity index (χ4n) is 2.36. The van der Waals surface area contributed by atoms with Crippen LogP contribution in [0.2, 0.25) is 0 Å². The molecule has 0 saturated carbocycles. The first-order valence-electron chi connectivity index (χ1n) is 7.15. The molecule has 2 aromatic rings. The molecule has 8 heteroatoms. The van der Waals surface area contributed by atoms with Crippen molar-refractivity contribution in [2.45, 2.75) is 0 Å². The van der Waals surface area contributed by atoms with Crippen LogP contribution in [0.1, 0.15) is 10.4 Å². The van der Waals surface area contributed by atoms with E-state index in [9.17, 15) is 4.79 Å². The van der Waals surface area contributed by atoms with E-state index in [1.165, 1.54) is 7.11 Å². The fraction of sp³-hybridized carbons (Fsp3) is 0.188. The highest BCUT2D eigenvalue weighted by molar-refractivity contribution is 9.10. The van der Waals surface area contributed by atoms with Gasteiger partial charge in [-0.05, 0) is 45.0 Å². The Labute approximate surface area is 157 Å². The van der Waals surface area contributed by atoms with Crippen LogP contribution in [-0.2, 0) is 0 Å². The average Bonchev–Trinajstić information content (AvgIpc) is 3.07. The maximum atomic E-state index is 12.6. The molecular weight excluding hydrogens is 410 g/mol. The van der Waals surface area contributed by atoms with E-state index in [1.54, 1.807) is 17.8 Å². The van der Waals surface area contributed by atoms with Crippen molar-refractivity contribution in [3.05, 3.63) is 40.4 Å². The summed E-state index contributed by atoms with van der Waals surface area (Å²) < 4.78 is 6.16. The van der Waals surface area contributed by atoms with Crippen LogP contribution in [0.4, 0.5) is 0 Å². The van der Waals surface area contributed by atoms with Crippen molar-refractivity contribution >= 4 is 66.9 Å². The lowest BCUT2D eigenvalue weighted by molar-refractivity contribution is 0.0974. The van der Waals surface area contributed by atoms with Crippen LogP contribution in [0.25, 0.3) is 10.8 Å². The quantitative estimate of drug-likeness (QED) is 0.725. The molecule has 3 rings (SSSR count). The van der Waals surface area contributed by atoms with Crippen molar-refractivity contribution in [1.82, 2.24) is 10.6 Å². The summed E-state index contributed by atoms with van der Waals surface area (Å²) >= 11 is 10.3. The van der Waals surface area contributed by atoms with Crippen LogP contribution >= 0.6 is 39.9 Å². The number of thiocarbonyl (C=S) groups is 1. The Morgan fingerprint density at radius 2 is 2.21 bits per heavy atom. The van der Waals surface area contributed by atoms with E-state index in [4.69, 9.17) is 17.0 Å². The maximum Gasteiger partial charge on any atom is 0.261 e. The minimum Gasteiger partial charge on any atom is -0.495 e. The third-order valence-electron chi connectivity index (χ3n) is 3.42. The molecule has 1 heterocycles. The van der Waals surface area contributed by atoms with Crippen LogP contribution in [0.5, 0.6) is 5.75 Å². The number of hydrogen-bond donors (Lipinski definition) is 2. The lowest BCUT2D eigenvalue weighted by Crippen LogP contribution is -2.41. The number of hydrogen-bond acceptors (Lipinski definition) is 5. The van der Waals surface area contributed by atoms with E-state index >= 15 is 0 Å². The minimum absolute atomic E-state index is 0.222. The first kappa shape index (κ1) is 17.2. The van der Waals surface area contributed by atoms with Crippen molar-refractivity contribution in [1.29, 1.82) is 0 Å². The Hall–Kier alpha value is -1.64. The summed E-state index contributed by atoms with van der Waals surface area (Å²) in [5.41, 5.74) is 0.410. The Morgan fingerprint density at radius 3 is 2.92 bits per heavy atom. The van der Waals surface area contributed by atoms with E-state index in [-0.39, 0.29) is 11.0 Å². The van der Waals surface area contributed by atoms with Gasteiger partial charge in [-0.25, -0.2) is 0 Å². The molecule has 2 aromatic carbocycles. The second kappa shape index (κ2) is 7.50. The number of thioether (sulfide) groups is 1. The number of rotatable bonds is 2. The monoisotopic (exact) mass is 423 g/mol. The van der Waals surface area contributed by atoms with Gasteiger partial charge in [0.1, 0.15) is 5.75 Å². The molecular formula is C16H14BrN3O2S2. The molecule has 1 aliphatic heterocycles. The largest absolute Gasteiger partial charge is 0.495 e. The Morgan fingerprint density at radius 1 is 1.42 bits per heavy atom. The highest BCUT2D eigenvalue weighted by Crippen LogP contribution is 2.36. The van der Waals surface area contributed by atoms with Crippen molar-refractivity contribution < 1.29 is 9.53 Å². The maximum absolute atomic E-state index is 12.6. The first-order chi connectivity index (χ1) is 11.6. The third kappa shape index (κ3) is 3.55. The zero-order chi connectivity index (χ0) is 17.1. The standard InChI is InChI=1S/C16H14BrN3O2S2/c1-22-13-11(8-9-4-2-3-5-10(9)12(13)17)14(21)19-15(23)20-16-18-6-7-24-16/h2-5,8H,6-7H2,1H3,(H2,18,19,20,21,23). The SMILES string of the molecule is COc1c(C(=O)NC(=S)NC2=NCCS2)cc2ccccc2c1Br. The van der Waals surface area contributed by atoms with Crippen molar-refractivity contribution in [3.8, 4) is 5.75 Å². The number of aliphatic imine (C=N–C) groups is 1. The normalized spacial score (nSPS) is 13.5. The third-order valence-corrected chi connectivity index (χ3v) is 5.31. The molecule has 2 N–H and O–H groups in total. The molecule has 1 amide bonds. The number of amidine groups is 1. The molecule has 0 atom stereocenters. The van der Waals surface area contributed by atoms with Crippen LogP contribution in [0.3, 0.4) is 0 Å². The summed E-state index contributed by atoms with van der Waals surface area (Å²) in [7, 11) is 1.53. The molecule has 0 spiro atoms. The molecule has 0 bridgehead atoms. The number of ether oxygens (including phenoxy) is 1. The van der Waals surface area contributed by atoms with E-state index < -0.39 is 0 Å². The minimum atomic E-state index is -0.334. The number of fused-ring (bicyclic) bond motifs is 1. The number of carbonyl (C=O) groups excluding carboxylic acids is 1. The molecule has 0 saturated heterocycles. The van der Waals surface area contributed by atoms with Crippen LogP contribution < -0.4 is 15.4 Å². The topological polar surface area (TPSA) is 62.7 Å². The molecule has 0 aromatic heterocycles. The zero-order valence-corrected chi connectivity index (χ0v) is 16.0. The highest BCUT2D eigenvalue weighted by atomic mass is 79.9. The first-order valence-corrected chi connectivity index (χ1v) is 9.33. The number of methoxy groups -OCH3 is 1. The van der Waals surface area contributed by atoms with Gasteiger partial charge < -0.3 is 10.1 Å². The van der Waals surface area contributed by atoms with Gasteiger partial charge in [-0.1, -0.05) is 36.0 Å². The van der Waals surface area contributed by atoms with E-state index in [0.717, 1.165) is 32.7 Å². The van der Waals surface area contributed by atoms with Crippen molar-refractivity contribution in [2.75, 3.05) is 19.4 Å². The fourth-order valence-corrected chi connectivity index (χ4v) is 4.09. The predicted molar refractivity (Wildman–Crippen MR) is 106 cm³/mol. The number of carbonyl (C=O) groups is 1. The van der Waals surface area contributed by atoms with Gasteiger partial charge in [-0.2, -0.15) is 0 Å². The second-order valence-electron chi connectivity index (χ2n) is 4.94. The number of benzene rings is 2. The van der Waals surface area contributed by atoms with Gasteiger partial charge in [0.15, 0.2) is 10.3 Å². The molecule has 0 fully saturated rings. The summed E-state index contributed by atoms with van der Waals surface area (Å²) in [6.45, 7) is 0.759. The van der Waals surface area contributed by atoms with E-state index in [1.807, 2.05) is 24.3 Å². The summed E-state index contributed by atoms with van der Waals surface area (Å²) in [4.78, 5) is 16.9. The van der Waals surface area contributed by atoms with Gasteiger partial charge in [0.25, 0.3) is 5.91 Å². The van der Waals surface area contributed by atoms with E-state index in [0.29, 0.717) is 11.3 Å². The zero-order valence-electron chi connectivity index (χ0n) is 12.8. The van der Waals surface area contributed by atoms with Crippen molar-refractivity contribution in [3.63, 3.8) is 0 Å². The van der Waals surface area contributed by atoms with Gasteiger partial charge in [0.2, 0.25) is 0 Å². The molecule has 124 valence electrons. The molecule has 5 nitrogen and oxygen atoms in total. The second-order valence-corrected chi connectivity index (χ2v) is 7.22. The van der Waals surface area contributed by atoms with Gasteiger partial charge in [-0.3, -0.25) is 15.1 Å². The molecule has 1 aliphatic rings. The molecule has 0 unspecified atom stereocenters. The molecule has 24 heavy (non-hydrogen) atoms. The van der Waals surface area contributed by atoms with Crippen LogP contribution in [0.15, 0.2) is 39.8 Å². The van der Waals surface area contributed by atoms with Gasteiger partial charge in [0.05, 0.1) is 23.7 Å². The van der Waals surface area contributed by atoms with Gasteiger partial charge in [-0.15, -0.1) is 0 Å². The smallest absolute Gasteiger partial charge is 0.261 e. The molecule has 0 aliphatic carbocycles. The van der Waals surface area contributed by atoms with Crippen LogP contribution in [0, 0.1) is 0 Å². The Balaban J connectivity index is 1.87. The number of amides is 1. The van der Waals surface area contributed by atoms with Crippen LogP contribution in [-0.4, -0.2) is 35.6 Å². The summed E-state index contributed by atoms with van der Waals surface area (Å²) in [6, 6.07) is 9.55. The summed E-state index contributed by atoms with van der Waals surface area (Å²) in [5.74, 6) is 1.06. The average molecular weight is 424 g/mol. The van der Waals surface area contributed by atoms with Gasteiger partial charge in [0, 0.05) is 5.75 Å². The lowest BCUT2D eigenvalue weighted by atomic mass is 10.1. The molecule has 0 radical (unpaired) electrons. The highest BCUT2D eigenvalue weighted by Gasteiger charge is 2.19. The number of nitrogens with zero attached hydrogens (tertiary/aromatic N) is 1. The predicted octanol–water partition coefficient (Wildman–Crippen LogP) is 3.32. The Bertz CT molecular complexity index is 855. The Kier molecular flexibility index (Phi) is 5.37. The lowest BCUT2D eigenvalue weighted by Gasteiger charge is -2.14. The number of nitrogens with one attached hydrogen (secondary N) is 2. The summed E-state index contributed by atoms with van der Waals surface area (Å²) in [5, 5.41) is 8.47. The number of halogens is 1. The summed E-state index contributed by atoms with van der Waals surface area (Å²) in [6.07, 6.45) is 0. The van der Waals surface area contributed by atoms with Gasteiger partial charge >= 0.3 is 0 Å². The van der Waals surface area contributed by atoms with E-state index in [2.05, 4.69) is 31.6 Å².